The Morgan fingerprint density at radius 1 is 0.966 bits per heavy atom. The third kappa shape index (κ3) is 3.75. The number of carbonyl (C=O) groups is 1. The van der Waals surface area contributed by atoms with Crippen molar-refractivity contribution in [2.24, 2.45) is 5.73 Å². The molecule has 148 valence electrons. The van der Waals surface area contributed by atoms with Crippen molar-refractivity contribution < 1.29 is 9.18 Å². The topological polar surface area (TPSA) is 48.0 Å². The van der Waals surface area contributed by atoms with Crippen molar-refractivity contribution in [3.8, 4) is 0 Å². The molecule has 4 aromatic rings. The van der Waals surface area contributed by atoms with Crippen LogP contribution in [-0.2, 0) is 13.0 Å². The summed E-state index contributed by atoms with van der Waals surface area (Å²) in [5, 5.41) is 1.87. The number of amides is 1. The minimum atomic E-state index is -0.438. The van der Waals surface area contributed by atoms with E-state index in [4.69, 9.17) is 5.73 Å². The minimum Gasteiger partial charge on any atom is -0.366 e. The molecule has 4 heteroatoms. The van der Waals surface area contributed by atoms with Gasteiger partial charge in [0, 0.05) is 28.4 Å². The number of benzene rings is 3. The Morgan fingerprint density at radius 3 is 2.55 bits per heavy atom. The van der Waals surface area contributed by atoms with Crippen LogP contribution in [0.5, 0.6) is 0 Å². The zero-order chi connectivity index (χ0) is 20.4. The molecule has 3 aromatic carbocycles. The lowest BCUT2D eigenvalue weighted by Gasteiger charge is -2.09. The van der Waals surface area contributed by atoms with E-state index < -0.39 is 5.91 Å². The SMILES string of the molecule is CCCCCc1ccc2c3c(C(N)=O)cccc3n(Cc3cccc(F)c3)c2c1. The molecule has 0 radical (unpaired) electrons. The summed E-state index contributed by atoms with van der Waals surface area (Å²) in [6, 6.07) is 18.7. The highest BCUT2D eigenvalue weighted by molar-refractivity contribution is 6.17. The molecule has 0 saturated heterocycles. The monoisotopic (exact) mass is 388 g/mol. The minimum absolute atomic E-state index is 0.249. The maximum atomic E-state index is 13.8. The van der Waals surface area contributed by atoms with Crippen molar-refractivity contribution in [3.05, 3.63) is 83.2 Å². The maximum absolute atomic E-state index is 13.8. The summed E-state index contributed by atoms with van der Waals surface area (Å²) in [5.41, 5.74) is 10.3. The quantitative estimate of drug-likeness (QED) is 0.399. The summed E-state index contributed by atoms with van der Waals surface area (Å²) >= 11 is 0. The first-order chi connectivity index (χ1) is 14.1. The number of unbranched alkanes of at least 4 members (excludes halogenated alkanes) is 2. The molecular formula is C25H25FN2O. The molecule has 0 aliphatic rings. The van der Waals surface area contributed by atoms with Gasteiger partial charge in [0.25, 0.3) is 0 Å². The second-order valence-corrected chi connectivity index (χ2v) is 7.59. The van der Waals surface area contributed by atoms with Crippen LogP contribution in [0.2, 0.25) is 0 Å². The van der Waals surface area contributed by atoms with Gasteiger partial charge < -0.3 is 10.3 Å². The third-order valence-corrected chi connectivity index (χ3v) is 5.52. The molecule has 0 spiro atoms. The molecule has 4 rings (SSSR count). The number of aryl methyl sites for hydroxylation is 1. The first kappa shape index (κ1) is 19.2. The molecule has 0 bridgehead atoms. The van der Waals surface area contributed by atoms with Gasteiger partial charge in [-0.25, -0.2) is 4.39 Å². The van der Waals surface area contributed by atoms with Crippen LogP contribution in [-0.4, -0.2) is 10.5 Å². The molecule has 0 fully saturated rings. The average molecular weight is 388 g/mol. The standard InChI is InChI=1S/C25H25FN2O/c1-2-3-4-7-17-12-13-20-23(15-17)28(16-18-8-5-9-19(26)14-18)22-11-6-10-21(24(20)22)25(27)29/h5-6,8-15H,2-4,7,16H2,1H3,(H2,27,29). The van der Waals surface area contributed by atoms with Gasteiger partial charge in [-0.2, -0.15) is 0 Å². The van der Waals surface area contributed by atoms with Crippen molar-refractivity contribution in [2.45, 2.75) is 39.2 Å². The summed E-state index contributed by atoms with van der Waals surface area (Å²) in [6.45, 7) is 2.73. The fraction of sp³-hybridized carbons (Fsp3) is 0.240. The lowest BCUT2D eigenvalue weighted by atomic mass is 10.0. The Labute approximate surface area is 169 Å². The third-order valence-electron chi connectivity index (χ3n) is 5.52. The summed E-state index contributed by atoms with van der Waals surface area (Å²) in [7, 11) is 0. The molecule has 1 amide bonds. The number of halogens is 1. The van der Waals surface area contributed by atoms with Crippen LogP contribution in [0.25, 0.3) is 21.8 Å². The van der Waals surface area contributed by atoms with E-state index in [2.05, 4.69) is 29.7 Å². The summed E-state index contributed by atoms with van der Waals surface area (Å²) < 4.78 is 15.9. The van der Waals surface area contributed by atoms with Crippen molar-refractivity contribution in [3.63, 3.8) is 0 Å². The molecule has 0 aliphatic carbocycles. The van der Waals surface area contributed by atoms with Gasteiger partial charge >= 0.3 is 0 Å². The first-order valence-electron chi connectivity index (χ1n) is 10.2. The largest absolute Gasteiger partial charge is 0.366 e. The molecule has 1 aromatic heterocycles. The van der Waals surface area contributed by atoms with E-state index in [0.717, 1.165) is 40.2 Å². The lowest BCUT2D eigenvalue weighted by molar-refractivity contribution is 0.100. The van der Waals surface area contributed by atoms with Crippen LogP contribution >= 0.6 is 0 Å². The van der Waals surface area contributed by atoms with Gasteiger partial charge in [0.15, 0.2) is 0 Å². The molecule has 0 saturated carbocycles. The van der Waals surface area contributed by atoms with Crippen molar-refractivity contribution in [2.75, 3.05) is 0 Å². The number of primary amides is 1. The normalized spacial score (nSPS) is 11.4. The number of aromatic nitrogens is 1. The van der Waals surface area contributed by atoms with E-state index in [1.54, 1.807) is 18.2 Å². The molecule has 1 heterocycles. The van der Waals surface area contributed by atoms with Crippen molar-refractivity contribution in [1.29, 1.82) is 0 Å². The zero-order valence-electron chi connectivity index (χ0n) is 16.6. The van der Waals surface area contributed by atoms with E-state index in [1.165, 1.54) is 24.5 Å². The van der Waals surface area contributed by atoms with Crippen molar-refractivity contribution >= 4 is 27.7 Å². The fourth-order valence-electron chi connectivity index (χ4n) is 4.12. The van der Waals surface area contributed by atoms with E-state index in [0.29, 0.717) is 12.1 Å². The Morgan fingerprint density at radius 2 is 1.79 bits per heavy atom. The van der Waals surface area contributed by atoms with Gasteiger partial charge in [-0.3, -0.25) is 4.79 Å². The first-order valence-corrected chi connectivity index (χ1v) is 10.2. The Kier molecular flexibility index (Phi) is 5.34. The highest BCUT2D eigenvalue weighted by Gasteiger charge is 2.17. The van der Waals surface area contributed by atoms with Crippen LogP contribution in [0.1, 0.15) is 47.7 Å². The molecule has 0 unspecified atom stereocenters. The number of fused-ring (bicyclic) bond motifs is 3. The number of hydrogen-bond donors (Lipinski definition) is 1. The summed E-state index contributed by atoms with van der Waals surface area (Å²) in [6.07, 6.45) is 4.56. The predicted molar refractivity (Wildman–Crippen MR) is 117 cm³/mol. The number of carbonyl (C=O) groups excluding carboxylic acids is 1. The molecule has 0 atom stereocenters. The lowest BCUT2D eigenvalue weighted by Crippen LogP contribution is -2.11. The number of nitrogens with zero attached hydrogens (tertiary/aromatic N) is 1. The van der Waals surface area contributed by atoms with Gasteiger partial charge in [-0.1, -0.05) is 50.1 Å². The number of hydrogen-bond acceptors (Lipinski definition) is 1. The summed E-state index contributed by atoms with van der Waals surface area (Å²) in [4.78, 5) is 12.1. The van der Waals surface area contributed by atoms with Gasteiger partial charge in [-0.05, 0) is 54.3 Å². The van der Waals surface area contributed by atoms with E-state index in [9.17, 15) is 9.18 Å². The number of rotatable bonds is 7. The fourth-order valence-corrected chi connectivity index (χ4v) is 4.12. The molecular weight excluding hydrogens is 363 g/mol. The van der Waals surface area contributed by atoms with Gasteiger partial charge in [0.2, 0.25) is 5.91 Å². The highest BCUT2D eigenvalue weighted by Crippen LogP contribution is 2.33. The van der Waals surface area contributed by atoms with Crippen molar-refractivity contribution in [1.82, 2.24) is 4.57 Å². The molecule has 2 N–H and O–H groups in total. The second-order valence-electron chi connectivity index (χ2n) is 7.59. The van der Waals surface area contributed by atoms with E-state index in [1.807, 2.05) is 18.2 Å². The van der Waals surface area contributed by atoms with Crippen LogP contribution in [0, 0.1) is 5.82 Å². The van der Waals surface area contributed by atoms with Crippen LogP contribution in [0.4, 0.5) is 4.39 Å². The predicted octanol–water partition coefficient (Wildman–Crippen LogP) is 5.81. The van der Waals surface area contributed by atoms with Crippen LogP contribution < -0.4 is 5.73 Å². The van der Waals surface area contributed by atoms with Crippen LogP contribution in [0.15, 0.2) is 60.7 Å². The smallest absolute Gasteiger partial charge is 0.249 e. The van der Waals surface area contributed by atoms with Gasteiger partial charge in [0.05, 0.1) is 5.52 Å². The Balaban J connectivity index is 1.92. The maximum Gasteiger partial charge on any atom is 0.249 e. The second kappa shape index (κ2) is 8.08. The van der Waals surface area contributed by atoms with Crippen LogP contribution in [0.3, 0.4) is 0 Å². The Hall–Kier alpha value is -3.14. The number of nitrogens with two attached hydrogens (primary N) is 1. The van der Waals surface area contributed by atoms with E-state index >= 15 is 0 Å². The molecule has 0 aliphatic heterocycles. The van der Waals surface area contributed by atoms with Gasteiger partial charge in [-0.15, -0.1) is 0 Å². The van der Waals surface area contributed by atoms with E-state index in [-0.39, 0.29) is 5.82 Å². The Bertz CT molecular complexity index is 1190. The molecule has 29 heavy (non-hydrogen) atoms. The highest BCUT2D eigenvalue weighted by atomic mass is 19.1. The molecule has 3 nitrogen and oxygen atoms in total. The summed E-state index contributed by atoms with van der Waals surface area (Å²) in [5.74, 6) is -0.686. The van der Waals surface area contributed by atoms with Gasteiger partial charge in [0.1, 0.15) is 5.82 Å². The zero-order valence-corrected chi connectivity index (χ0v) is 16.6. The average Bonchev–Trinajstić information content (AvgIpc) is 3.01.